The molecule has 4 aromatic rings. The van der Waals surface area contributed by atoms with Crippen molar-refractivity contribution < 1.29 is 9.47 Å². The van der Waals surface area contributed by atoms with E-state index in [1.54, 1.807) is 23.9 Å². The molecule has 0 saturated carbocycles. The highest BCUT2D eigenvalue weighted by Crippen LogP contribution is 2.29. The Morgan fingerprint density at radius 1 is 1.00 bits per heavy atom. The van der Waals surface area contributed by atoms with Gasteiger partial charge in [0.25, 0.3) is 5.56 Å². The van der Waals surface area contributed by atoms with E-state index in [1.807, 2.05) is 26.1 Å². The van der Waals surface area contributed by atoms with Crippen LogP contribution in [-0.4, -0.2) is 39.0 Å². The molecule has 138 valence electrons. The molecule has 0 radical (unpaired) electrons. The number of rotatable bonds is 4. The van der Waals surface area contributed by atoms with E-state index in [4.69, 9.17) is 9.47 Å². The van der Waals surface area contributed by atoms with Crippen molar-refractivity contribution in [2.75, 3.05) is 14.2 Å². The number of nitrogens with one attached hydrogen (secondary N) is 1. The molecule has 0 aliphatic carbocycles. The third-order valence-electron chi connectivity index (χ3n) is 4.55. The van der Waals surface area contributed by atoms with Gasteiger partial charge in [0, 0.05) is 11.8 Å². The van der Waals surface area contributed by atoms with Crippen molar-refractivity contribution in [1.29, 1.82) is 0 Å². The molecule has 0 aliphatic heterocycles. The summed E-state index contributed by atoms with van der Waals surface area (Å²) in [7, 11) is 3.07. The van der Waals surface area contributed by atoms with E-state index < -0.39 is 0 Å². The minimum absolute atomic E-state index is 0.238. The zero-order valence-electron chi connectivity index (χ0n) is 15.5. The molecule has 1 N–H and O–H groups in total. The number of ether oxygens (including phenoxy) is 2. The normalized spacial score (nSPS) is 11.3. The number of benzene rings is 1. The molecule has 0 spiro atoms. The van der Waals surface area contributed by atoms with Crippen molar-refractivity contribution >= 4 is 21.9 Å². The lowest BCUT2D eigenvalue weighted by Gasteiger charge is -2.09. The fourth-order valence-electron chi connectivity index (χ4n) is 3.02. The Balaban J connectivity index is 1.77. The van der Waals surface area contributed by atoms with E-state index >= 15 is 0 Å². The molecule has 27 heavy (non-hydrogen) atoms. The minimum atomic E-state index is -0.238. The Labute approximate surface area is 154 Å². The quantitative estimate of drug-likeness (QED) is 0.596. The number of fused-ring (bicyclic) bond motifs is 2. The van der Waals surface area contributed by atoms with Crippen LogP contribution in [0.25, 0.3) is 21.9 Å². The van der Waals surface area contributed by atoms with Gasteiger partial charge in [0.2, 0.25) is 0 Å². The summed E-state index contributed by atoms with van der Waals surface area (Å²) in [5.74, 6) is 1.51. The Hall–Kier alpha value is -3.42. The first-order valence-electron chi connectivity index (χ1n) is 8.45. The predicted molar refractivity (Wildman–Crippen MR) is 102 cm³/mol. The molecular formula is C19H19N5O3. The van der Waals surface area contributed by atoms with Gasteiger partial charge in [-0.05, 0) is 31.5 Å². The summed E-state index contributed by atoms with van der Waals surface area (Å²) in [6.07, 6.45) is 1.85. The topological polar surface area (TPSA) is 94.9 Å². The predicted octanol–water partition coefficient (Wildman–Crippen LogP) is 2.35. The molecule has 4 rings (SSSR count). The molecule has 0 aliphatic rings. The maximum absolute atomic E-state index is 12.5. The second-order valence-corrected chi connectivity index (χ2v) is 6.36. The molecule has 8 heteroatoms. The highest BCUT2D eigenvalue weighted by atomic mass is 16.5. The van der Waals surface area contributed by atoms with E-state index in [-0.39, 0.29) is 5.56 Å². The summed E-state index contributed by atoms with van der Waals surface area (Å²) in [6, 6.07) is 5.32. The average Bonchev–Trinajstić information content (AvgIpc) is 3.01. The Morgan fingerprint density at radius 3 is 2.48 bits per heavy atom. The monoisotopic (exact) mass is 365 g/mol. The van der Waals surface area contributed by atoms with Crippen molar-refractivity contribution in [3.63, 3.8) is 0 Å². The molecule has 3 heterocycles. The number of aryl methyl sites for hydroxylation is 2. The summed E-state index contributed by atoms with van der Waals surface area (Å²) in [4.78, 5) is 24.4. The summed E-state index contributed by atoms with van der Waals surface area (Å²) in [5.41, 5.74) is 3.98. The number of aromatic nitrogens is 5. The second-order valence-electron chi connectivity index (χ2n) is 6.36. The van der Waals surface area contributed by atoms with E-state index in [2.05, 4.69) is 20.1 Å². The van der Waals surface area contributed by atoms with Crippen molar-refractivity contribution in [3.05, 3.63) is 51.8 Å². The van der Waals surface area contributed by atoms with Gasteiger partial charge in [0.05, 0.1) is 37.9 Å². The van der Waals surface area contributed by atoms with Crippen molar-refractivity contribution in [1.82, 2.24) is 24.7 Å². The number of pyridine rings is 1. The summed E-state index contributed by atoms with van der Waals surface area (Å²) >= 11 is 0. The molecule has 0 amide bonds. The van der Waals surface area contributed by atoms with E-state index in [0.717, 1.165) is 22.3 Å². The Kier molecular flexibility index (Phi) is 4.02. The van der Waals surface area contributed by atoms with Crippen molar-refractivity contribution in [2.45, 2.75) is 20.4 Å². The van der Waals surface area contributed by atoms with Crippen molar-refractivity contribution in [2.24, 2.45) is 0 Å². The van der Waals surface area contributed by atoms with Gasteiger partial charge >= 0.3 is 0 Å². The average molecular weight is 365 g/mol. The maximum Gasteiger partial charge on any atom is 0.258 e. The van der Waals surface area contributed by atoms with Gasteiger partial charge in [-0.2, -0.15) is 5.10 Å². The van der Waals surface area contributed by atoms with E-state index in [9.17, 15) is 4.79 Å². The molecule has 0 bridgehead atoms. The minimum Gasteiger partial charge on any atom is -0.493 e. The molecule has 0 unspecified atom stereocenters. The Morgan fingerprint density at radius 2 is 1.74 bits per heavy atom. The lowest BCUT2D eigenvalue weighted by atomic mass is 10.2. The van der Waals surface area contributed by atoms with Crippen LogP contribution in [0.1, 0.15) is 17.1 Å². The van der Waals surface area contributed by atoms with Crippen LogP contribution in [0, 0.1) is 13.8 Å². The fraction of sp³-hybridized carbons (Fsp3) is 0.263. The molecule has 1 aromatic carbocycles. The van der Waals surface area contributed by atoms with E-state index in [0.29, 0.717) is 34.8 Å². The van der Waals surface area contributed by atoms with Crippen molar-refractivity contribution in [3.8, 4) is 11.5 Å². The first kappa shape index (κ1) is 17.0. The largest absolute Gasteiger partial charge is 0.493 e. The molecule has 8 nitrogen and oxygen atoms in total. The smallest absolute Gasteiger partial charge is 0.258 e. The van der Waals surface area contributed by atoms with Crippen LogP contribution >= 0.6 is 0 Å². The number of aromatic amines is 1. The summed E-state index contributed by atoms with van der Waals surface area (Å²) in [6.45, 7) is 4.30. The molecule has 3 aromatic heterocycles. The lowest BCUT2D eigenvalue weighted by Crippen LogP contribution is -2.15. The number of nitrogens with zero attached hydrogens (tertiary/aromatic N) is 4. The van der Waals surface area contributed by atoms with Crippen LogP contribution in [0.4, 0.5) is 0 Å². The lowest BCUT2D eigenvalue weighted by molar-refractivity contribution is 0.355. The number of H-pyrrole nitrogens is 1. The molecular weight excluding hydrogens is 346 g/mol. The van der Waals surface area contributed by atoms with Gasteiger partial charge in [0.1, 0.15) is 16.9 Å². The third kappa shape index (κ3) is 2.99. The first-order valence-corrected chi connectivity index (χ1v) is 8.45. The SMILES string of the molecule is COc1cc2nc(Cn3cc4nc(C)c(C)cc4n3)[nH]c(=O)c2cc1OC. The fourth-order valence-corrected chi connectivity index (χ4v) is 3.02. The molecule has 0 atom stereocenters. The maximum atomic E-state index is 12.5. The van der Waals surface area contributed by atoms with Crippen LogP contribution in [0.3, 0.4) is 0 Å². The second kappa shape index (κ2) is 6.39. The first-order chi connectivity index (χ1) is 13.0. The summed E-state index contributed by atoms with van der Waals surface area (Å²) < 4.78 is 12.3. The Bertz CT molecular complexity index is 1190. The van der Waals surface area contributed by atoms with Crippen LogP contribution < -0.4 is 15.0 Å². The van der Waals surface area contributed by atoms with Gasteiger partial charge in [-0.25, -0.2) is 9.97 Å². The molecule has 0 fully saturated rings. The van der Waals surface area contributed by atoms with Gasteiger partial charge in [-0.1, -0.05) is 0 Å². The number of methoxy groups -OCH3 is 2. The number of hydrogen-bond acceptors (Lipinski definition) is 6. The van der Waals surface area contributed by atoms with Gasteiger partial charge in [-0.15, -0.1) is 0 Å². The van der Waals surface area contributed by atoms with Crippen LogP contribution in [0.5, 0.6) is 11.5 Å². The van der Waals surface area contributed by atoms with Gasteiger partial charge in [-0.3, -0.25) is 9.48 Å². The number of hydrogen-bond donors (Lipinski definition) is 1. The van der Waals surface area contributed by atoms with E-state index in [1.165, 1.54) is 7.11 Å². The van der Waals surface area contributed by atoms with Crippen LogP contribution in [0.2, 0.25) is 0 Å². The molecule has 0 saturated heterocycles. The third-order valence-corrected chi connectivity index (χ3v) is 4.55. The van der Waals surface area contributed by atoms with Gasteiger partial charge in [0.15, 0.2) is 11.5 Å². The van der Waals surface area contributed by atoms with Crippen LogP contribution in [0.15, 0.2) is 29.2 Å². The van der Waals surface area contributed by atoms with Gasteiger partial charge < -0.3 is 14.5 Å². The highest BCUT2D eigenvalue weighted by molar-refractivity contribution is 5.81. The zero-order valence-corrected chi connectivity index (χ0v) is 15.5. The standard InChI is InChI=1S/C19H19N5O3/c1-10-5-14-15(20-11(10)2)8-24(23-14)9-18-21-13-7-17(27-4)16(26-3)6-12(13)19(25)22-18/h5-8H,9H2,1-4H3,(H,21,22,25). The highest BCUT2D eigenvalue weighted by Gasteiger charge is 2.12. The summed E-state index contributed by atoms with van der Waals surface area (Å²) in [5, 5.41) is 4.97. The zero-order chi connectivity index (χ0) is 19.1. The van der Waals surface area contributed by atoms with Crippen LogP contribution in [-0.2, 0) is 6.54 Å².